The molecule has 2 N–H and O–H groups in total. The monoisotopic (exact) mass is 363 g/mol. The van der Waals surface area contributed by atoms with E-state index in [9.17, 15) is 9.59 Å². The number of ether oxygens (including phenoxy) is 1. The minimum Gasteiger partial charge on any atom is -0.483 e. The van der Waals surface area contributed by atoms with Gasteiger partial charge in [-0.25, -0.2) is 0 Å². The van der Waals surface area contributed by atoms with E-state index in [1.54, 1.807) is 0 Å². The molecule has 0 fully saturated rings. The number of carboxylic acids is 1. The maximum Gasteiger partial charge on any atom is 0.303 e. The summed E-state index contributed by atoms with van der Waals surface area (Å²) in [5.41, 5.74) is 2.15. The third-order valence-corrected chi connectivity index (χ3v) is 4.34. The molecule has 1 rings (SSSR count). The van der Waals surface area contributed by atoms with E-state index in [0.29, 0.717) is 6.54 Å². The molecule has 0 spiro atoms. The van der Waals surface area contributed by atoms with E-state index in [1.807, 2.05) is 32.0 Å². The van der Waals surface area contributed by atoms with Crippen LogP contribution in [0.5, 0.6) is 5.75 Å². The molecule has 5 nitrogen and oxygen atoms in total. The fraction of sp³-hybridized carbons (Fsp3) is 0.619. The van der Waals surface area contributed by atoms with Crippen LogP contribution in [0.3, 0.4) is 0 Å². The van der Waals surface area contributed by atoms with Crippen LogP contribution in [-0.2, 0) is 9.59 Å². The van der Waals surface area contributed by atoms with Gasteiger partial charge in [-0.3, -0.25) is 9.59 Å². The summed E-state index contributed by atoms with van der Waals surface area (Å²) in [7, 11) is 0. The Hall–Kier alpha value is -2.04. The molecule has 0 aliphatic heterocycles. The number of nitrogens with one attached hydrogen (secondary N) is 1. The highest BCUT2D eigenvalue weighted by atomic mass is 16.5. The Kier molecular flexibility index (Phi) is 11.2. The van der Waals surface area contributed by atoms with Crippen LogP contribution in [0.4, 0.5) is 0 Å². The van der Waals surface area contributed by atoms with Crippen molar-refractivity contribution in [3.05, 3.63) is 29.3 Å². The molecule has 0 aliphatic carbocycles. The molecule has 1 amide bonds. The highest BCUT2D eigenvalue weighted by molar-refractivity contribution is 5.77. The van der Waals surface area contributed by atoms with Crippen molar-refractivity contribution in [3.8, 4) is 5.75 Å². The molecule has 0 atom stereocenters. The van der Waals surface area contributed by atoms with Crippen LogP contribution in [0, 0.1) is 13.8 Å². The van der Waals surface area contributed by atoms with Gasteiger partial charge >= 0.3 is 5.97 Å². The van der Waals surface area contributed by atoms with E-state index in [0.717, 1.165) is 61.8 Å². The van der Waals surface area contributed by atoms with Gasteiger partial charge in [-0.2, -0.15) is 0 Å². The van der Waals surface area contributed by atoms with E-state index in [-0.39, 0.29) is 18.9 Å². The minimum absolute atomic E-state index is 0.0562. The largest absolute Gasteiger partial charge is 0.483 e. The first kappa shape index (κ1) is 22.0. The van der Waals surface area contributed by atoms with Crippen LogP contribution in [0.25, 0.3) is 0 Å². The summed E-state index contributed by atoms with van der Waals surface area (Å²) in [5.74, 6) is -0.0145. The number of carboxylic acid groups (broad SMARTS) is 1. The predicted molar refractivity (Wildman–Crippen MR) is 104 cm³/mol. The number of aliphatic carboxylic acids is 1. The average molecular weight is 363 g/mol. The Balaban J connectivity index is 1.95. The molecule has 0 aliphatic rings. The van der Waals surface area contributed by atoms with E-state index in [2.05, 4.69) is 5.32 Å². The number of aryl methyl sites for hydroxylation is 2. The standard InChI is InChI=1S/C21H33NO4/c1-17-12-13-18(2)19(15-17)26-16-20(23)22-14-10-8-6-4-3-5-7-9-11-21(24)25/h12-13,15H,3-11,14,16H2,1-2H3,(H,22,23)(H,24,25). The molecule has 0 saturated heterocycles. The normalized spacial score (nSPS) is 10.5. The summed E-state index contributed by atoms with van der Waals surface area (Å²) in [5, 5.41) is 11.4. The fourth-order valence-electron chi connectivity index (χ4n) is 2.75. The van der Waals surface area contributed by atoms with E-state index in [1.165, 1.54) is 6.42 Å². The van der Waals surface area contributed by atoms with Gasteiger partial charge in [0.1, 0.15) is 5.75 Å². The Morgan fingerprint density at radius 1 is 0.962 bits per heavy atom. The van der Waals surface area contributed by atoms with Crippen molar-refractivity contribution in [3.63, 3.8) is 0 Å². The third kappa shape index (κ3) is 10.7. The smallest absolute Gasteiger partial charge is 0.303 e. The van der Waals surface area contributed by atoms with Crippen LogP contribution in [0.1, 0.15) is 68.9 Å². The second-order valence-corrected chi connectivity index (χ2v) is 6.88. The van der Waals surface area contributed by atoms with Gasteiger partial charge in [-0.05, 0) is 43.9 Å². The summed E-state index contributed by atoms with van der Waals surface area (Å²) in [4.78, 5) is 22.2. The topological polar surface area (TPSA) is 75.6 Å². The Morgan fingerprint density at radius 2 is 1.58 bits per heavy atom. The van der Waals surface area contributed by atoms with Gasteiger partial charge in [-0.15, -0.1) is 0 Å². The zero-order chi connectivity index (χ0) is 19.2. The molecule has 0 aromatic heterocycles. The molecular weight excluding hydrogens is 330 g/mol. The van der Waals surface area contributed by atoms with Gasteiger partial charge in [0.25, 0.3) is 5.91 Å². The van der Waals surface area contributed by atoms with Crippen LogP contribution in [0.15, 0.2) is 18.2 Å². The number of carbonyl (C=O) groups is 2. The highest BCUT2D eigenvalue weighted by Gasteiger charge is 2.04. The fourth-order valence-corrected chi connectivity index (χ4v) is 2.75. The van der Waals surface area contributed by atoms with Crippen molar-refractivity contribution < 1.29 is 19.4 Å². The molecule has 0 unspecified atom stereocenters. The Bertz CT molecular complexity index is 557. The number of carbonyl (C=O) groups excluding carboxylic acids is 1. The van der Waals surface area contributed by atoms with Crippen LogP contribution in [-0.4, -0.2) is 30.1 Å². The predicted octanol–water partition coefficient (Wildman–Crippen LogP) is 4.39. The zero-order valence-electron chi connectivity index (χ0n) is 16.2. The average Bonchev–Trinajstić information content (AvgIpc) is 2.60. The van der Waals surface area contributed by atoms with Crippen molar-refractivity contribution in [2.75, 3.05) is 13.2 Å². The number of rotatable bonds is 14. The minimum atomic E-state index is -0.702. The molecule has 5 heteroatoms. The van der Waals surface area contributed by atoms with Crippen molar-refractivity contribution in [1.82, 2.24) is 5.32 Å². The second-order valence-electron chi connectivity index (χ2n) is 6.88. The lowest BCUT2D eigenvalue weighted by atomic mass is 10.1. The lowest BCUT2D eigenvalue weighted by molar-refractivity contribution is -0.137. The first-order chi connectivity index (χ1) is 12.5. The molecule has 1 aromatic rings. The maximum atomic E-state index is 11.8. The van der Waals surface area contributed by atoms with Crippen molar-refractivity contribution in [1.29, 1.82) is 0 Å². The lowest BCUT2D eigenvalue weighted by Gasteiger charge is -2.10. The second kappa shape index (κ2) is 13.2. The molecule has 0 saturated carbocycles. The van der Waals surface area contributed by atoms with Crippen molar-refractivity contribution in [2.45, 2.75) is 71.6 Å². The molecule has 0 bridgehead atoms. The van der Waals surface area contributed by atoms with Crippen LogP contribution in [0.2, 0.25) is 0 Å². The summed E-state index contributed by atoms with van der Waals surface area (Å²) in [6, 6.07) is 5.97. The number of hydrogen-bond donors (Lipinski definition) is 2. The van der Waals surface area contributed by atoms with Gasteiger partial charge in [0.15, 0.2) is 6.61 Å². The molecule has 26 heavy (non-hydrogen) atoms. The van der Waals surface area contributed by atoms with Crippen LogP contribution < -0.4 is 10.1 Å². The Morgan fingerprint density at radius 3 is 2.23 bits per heavy atom. The number of amides is 1. The van der Waals surface area contributed by atoms with Gasteiger partial charge in [0.05, 0.1) is 0 Å². The van der Waals surface area contributed by atoms with E-state index >= 15 is 0 Å². The molecule has 1 aromatic carbocycles. The number of benzene rings is 1. The lowest BCUT2D eigenvalue weighted by Crippen LogP contribution is -2.29. The van der Waals surface area contributed by atoms with Gasteiger partial charge in [0.2, 0.25) is 0 Å². The van der Waals surface area contributed by atoms with Gasteiger partial charge in [-0.1, -0.05) is 50.7 Å². The third-order valence-electron chi connectivity index (χ3n) is 4.34. The molecule has 0 heterocycles. The van der Waals surface area contributed by atoms with Crippen molar-refractivity contribution in [2.24, 2.45) is 0 Å². The maximum absolute atomic E-state index is 11.8. The van der Waals surface area contributed by atoms with E-state index in [4.69, 9.17) is 9.84 Å². The van der Waals surface area contributed by atoms with Gasteiger partial charge in [0, 0.05) is 13.0 Å². The van der Waals surface area contributed by atoms with Gasteiger partial charge < -0.3 is 15.2 Å². The van der Waals surface area contributed by atoms with Crippen molar-refractivity contribution >= 4 is 11.9 Å². The number of hydrogen-bond acceptors (Lipinski definition) is 3. The first-order valence-electron chi connectivity index (χ1n) is 9.67. The molecule has 146 valence electrons. The number of unbranched alkanes of at least 4 members (excludes halogenated alkanes) is 7. The molecular formula is C21H33NO4. The van der Waals surface area contributed by atoms with Crippen LogP contribution >= 0.6 is 0 Å². The quantitative estimate of drug-likeness (QED) is 0.481. The highest BCUT2D eigenvalue weighted by Crippen LogP contribution is 2.18. The Labute approximate surface area is 157 Å². The van der Waals surface area contributed by atoms with E-state index < -0.39 is 5.97 Å². The molecule has 0 radical (unpaired) electrons. The summed E-state index contributed by atoms with van der Waals surface area (Å²) < 4.78 is 5.59. The summed E-state index contributed by atoms with van der Waals surface area (Å²) >= 11 is 0. The summed E-state index contributed by atoms with van der Waals surface area (Å²) in [6.45, 7) is 4.72. The summed E-state index contributed by atoms with van der Waals surface area (Å²) in [6.07, 6.45) is 8.77. The first-order valence-corrected chi connectivity index (χ1v) is 9.67. The SMILES string of the molecule is Cc1ccc(C)c(OCC(=O)NCCCCCCCCCCC(=O)O)c1. The zero-order valence-corrected chi connectivity index (χ0v) is 16.2.